The number of nitrogens with two attached hydrogens (primary N) is 1. The van der Waals surface area contributed by atoms with Gasteiger partial charge in [0.25, 0.3) is 0 Å². The second-order valence-corrected chi connectivity index (χ2v) is 4.55. The van der Waals surface area contributed by atoms with Crippen LogP contribution in [0, 0.1) is 0 Å². The first-order valence-electron chi connectivity index (χ1n) is 4.90. The molecule has 6 nitrogen and oxygen atoms in total. The molecule has 0 fully saturated rings. The maximum absolute atomic E-state index is 11.7. The molecule has 17 heavy (non-hydrogen) atoms. The van der Waals surface area contributed by atoms with Gasteiger partial charge in [-0.25, -0.2) is 4.79 Å². The molecule has 1 aromatic carbocycles. The first-order valence-corrected chi connectivity index (χ1v) is 5.72. The maximum Gasteiger partial charge on any atom is 0.420 e. The second-order valence-electron chi connectivity index (χ2n) is 3.46. The van der Waals surface area contributed by atoms with Crippen molar-refractivity contribution in [2.45, 2.75) is 6.54 Å². The van der Waals surface area contributed by atoms with Gasteiger partial charge in [0, 0.05) is 0 Å². The molecule has 0 unspecified atom stereocenters. The third kappa shape index (κ3) is 1.70. The molecule has 0 radical (unpaired) electrons. The van der Waals surface area contributed by atoms with Crippen LogP contribution in [0.15, 0.2) is 33.5 Å². The average molecular weight is 248 g/mol. The molecule has 0 bridgehead atoms. The minimum Gasteiger partial charge on any atom is -0.408 e. The van der Waals surface area contributed by atoms with Crippen LogP contribution >= 0.6 is 11.3 Å². The number of rotatable bonds is 2. The number of anilines is 1. The molecule has 2 aromatic heterocycles. The number of nitrogens with zero attached hydrogens (tertiary/aromatic N) is 3. The molecule has 2 heterocycles. The van der Waals surface area contributed by atoms with Gasteiger partial charge in [0.1, 0.15) is 5.01 Å². The maximum atomic E-state index is 11.7. The molecule has 0 saturated heterocycles. The second kappa shape index (κ2) is 3.70. The Labute approximate surface area is 99.3 Å². The number of hydrogen-bond donors (Lipinski definition) is 1. The number of fused-ring (bicyclic) bond motifs is 1. The largest absolute Gasteiger partial charge is 0.420 e. The van der Waals surface area contributed by atoms with E-state index in [0.29, 0.717) is 22.3 Å². The number of para-hydroxylation sites is 2. The summed E-state index contributed by atoms with van der Waals surface area (Å²) in [6, 6.07) is 7.24. The highest BCUT2D eigenvalue weighted by Crippen LogP contribution is 2.16. The predicted octanol–water partition coefficient (Wildman–Crippen LogP) is 1.08. The Hall–Kier alpha value is -2.15. The Morgan fingerprint density at radius 2 is 2.18 bits per heavy atom. The molecule has 0 aliphatic heterocycles. The quantitative estimate of drug-likeness (QED) is 0.733. The van der Waals surface area contributed by atoms with Crippen molar-refractivity contribution in [2.75, 3.05) is 5.73 Å². The van der Waals surface area contributed by atoms with Crippen molar-refractivity contribution in [1.29, 1.82) is 0 Å². The van der Waals surface area contributed by atoms with Crippen LogP contribution in [0.25, 0.3) is 11.1 Å². The molecule has 0 atom stereocenters. The summed E-state index contributed by atoms with van der Waals surface area (Å²) in [5.74, 6) is -0.403. The Morgan fingerprint density at radius 3 is 2.94 bits per heavy atom. The summed E-state index contributed by atoms with van der Waals surface area (Å²) in [4.78, 5) is 11.7. The van der Waals surface area contributed by atoms with Crippen LogP contribution in [0.4, 0.5) is 5.13 Å². The SMILES string of the molecule is Nc1nnc(Cn2c(=O)oc3ccccc32)s1. The number of nitrogen functional groups attached to an aromatic ring is 1. The van der Waals surface area contributed by atoms with E-state index in [2.05, 4.69) is 10.2 Å². The van der Waals surface area contributed by atoms with Crippen molar-refractivity contribution < 1.29 is 4.42 Å². The summed E-state index contributed by atoms with van der Waals surface area (Å²) in [5.41, 5.74) is 6.80. The zero-order chi connectivity index (χ0) is 11.8. The van der Waals surface area contributed by atoms with Crippen molar-refractivity contribution in [3.05, 3.63) is 39.8 Å². The highest BCUT2D eigenvalue weighted by molar-refractivity contribution is 7.15. The Morgan fingerprint density at radius 1 is 1.35 bits per heavy atom. The Kier molecular flexibility index (Phi) is 2.19. The van der Waals surface area contributed by atoms with Gasteiger partial charge in [-0.3, -0.25) is 4.57 Å². The molecule has 0 aliphatic rings. The normalized spacial score (nSPS) is 11.1. The average Bonchev–Trinajstić information content (AvgIpc) is 2.85. The van der Waals surface area contributed by atoms with E-state index in [0.717, 1.165) is 5.52 Å². The van der Waals surface area contributed by atoms with Crippen LogP contribution < -0.4 is 11.5 Å². The van der Waals surface area contributed by atoms with E-state index in [-0.39, 0.29) is 0 Å². The first-order chi connectivity index (χ1) is 8.24. The molecule has 2 N–H and O–H groups in total. The number of aromatic nitrogens is 3. The minimum absolute atomic E-state index is 0.324. The summed E-state index contributed by atoms with van der Waals surface area (Å²) in [7, 11) is 0. The van der Waals surface area contributed by atoms with Gasteiger partial charge in [-0.2, -0.15) is 0 Å². The molecular formula is C10H8N4O2S. The monoisotopic (exact) mass is 248 g/mol. The van der Waals surface area contributed by atoms with Gasteiger partial charge in [0.05, 0.1) is 12.1 Å². The van der Waals surface area contributed by atoms with Gasteiger partial charge < -0.3 is 10.2 Å². The standard InChI is InChI=1S/C10H8N4O2S/c11-9-13-12-8(17-9)5-14-6-3-1-2-4-7(6)16-10(14)15/h1-4H,5H2,(H2,11,13). The summed E-state index contributed by atoms with van der Waals surface area (Å²) < 4.78 is 6.62. The highest BCUT2D eigenvalue weighted by atomic mass is 32.1. The Bertz CT molecular complexity index is 727. The van der Waals surface area contributed by atoms with E-state index < -0.39 is 5.76 Å². The van der Waals surface area contributed by atoms with Gasteiger partial charge in [0.2, 0.25) is 5.13 Å². The van der Waals surface area contributed by atoms with E-state index >= 15 is 0 Å². The fraction of sp³-hybridized carbons (Fsp3) is 0.100. The molecular weight excluding hydrogens is 240 g/mol. The van der Waals surface area contributed by atoms with E-state index in [4.69, 9.17) is 10.2 Å². The van der Waals surface area contributed by atoms with Gasteiger partial charge in [-0.15, -0.1) is 10.2 Å². The highest BCUT2D eigenvalue weighted by Gasteiger charge is 2.10. The van der Waals surface area contributed by atoms with E-state index in [1.165, 1.54) is 15.9 Å². The van der Waals surface area contributed by atoms with Gasteiger partial charge in [-0.1, -0.05) is 23.5 Å². The van der Waals surface area contributed by atoms with Crippen LogP contribution in [0.2, 0.25) is 0 Å². The van der Waals surface area contributed by atoms with Crippen LogP contribution in [-0.2, 0) is 6.54 Å². The topological polar surface area (TPSA) is 86.9 Å². The lowest BCUT2D eigenvalue weighted by Gasteiger charge is -1.96. The van der Waals surface area contributed by atoms with Crippen molar-refractivity contribution in [3.63, 3.8) is 0 Å². The summed E-state index contributed by atoms with van der Waals surface area (Å²) in [5, 5.41) is 8.65. The zero-order valence-corrected chi connectivity index (χ0v) is 9.48. The summed E-state index contributed by atoms with van der Waals surface area (Å²) in [6.45, 7) is 0.324. The van der Waals surface area contributed by atoms with Crippen LogP contribution in [0.1, 0.15) is 5.01 Å². The molecule has 0 spiro atoms. The fourth-order valence-electron chi connectivity index (χ4n) is 1.63. The predicted molar refractivity (Wildman–Crippen MR) is 63.9 cm³/mol. The van der Waals surface area contributed by atoms with E-state index in [1.54, 1.807) is 6.07 Å². The number of benzene rings is 1. The molecule has 86 valence electrons. The molecule has 0 aliphatic carbocycles. The lowest BCUT2D eigenvalue weighted by molar-refractivity contribution is 0.517. The first kappa shape index (κ1) is 10.0. The Balaban J connectivity index is 2.11. The van der Waals surface area contributed by atoms with E-state index in [1.807, 2.05) is 18.2 Å². The number of oxazole rings is 1. The summed E-state index contributed by atoms with van der Waals surface area (Å²) >= 11 is 1.26. The van der Waals surface area contributed by atoms with Gasteiger partial charge >= 0.3 is 5.76 Å². The molecule has 7 heteroatoms. The third-order valence-electron chi connectivity index (χ3n) is 2.35. The molecule has 0 amide bonds. The molecule has 3 rings (SSSR count). The van der Waals surface area contributed by atoms with Crippen LogP contribution in [0.3, 0.4) is 0 Å². The molecule has 0 saturated carbocycles. The lowest BCUT2D eigenvalue weighted by atomic mass is 10.3. The fourth-order valence-corrected chi connectivity index (χ4v) is 2.23. The minimum atomic E-state index is -0.403. The van der Waals surface area contributed by atoms with Crippen LogP contribution in [-0.4, -0.2) is 14.8 Å². The zero-order valence-electron chi connectivity index (χ0n) is 8.66. The van der Waals surface area contributed by atoms with Crippen LogP contribution in [0.5, 0.6) is 0 Å². The van der Waals surface area contributed by atoms with Crippen molar-refractivity contribution in [2.24, 2.45) is 0 Å². The van der Waals surface area contributed by atoms with Crippen molar-refractivity contribution in [3.8, 4) is 0 Å². The van der Waals surface area contributed by atoms with Gasteiger partial charge in [0.15, 0.2) is 5.58 Å². The van der Waals surface area contributed by atoms with Gasteiger partial charge in [-0.05, 0) is 12.1 Å². The lowest BCUT2D eigenvalue weighted by Crippen LogP contribution is -2.14. The third-order valence-corrected chi connectivity index (χ3v) is 3.09. The van der Waals surface area contributed by atoms with E-state index in [9.17, 15) is 4.79 Å². The van der Waals surface area contributed by atoms with Crippen molar-refractivity contribution in [1.82, 2.24) is 14.8 Å². The van der Waals surface area contributed by atoms with Crippen molar-refractivity contribution >= 4 is 27.6 Å². The number of hydrogen-bond acceptors (Lipinski definition) is 6. The smallest absolute Gasteiger partial charge is 0.408 e. The summed E-state index contributed by atoms with van der Waals surface area (Å²) in [6.07, 6.45) is 0. The molecule has 3 aromatic rings.